The van der Waals surface area contributed by atoms with Gasteiger partial charge in [0, 0.05) is 28.8 Å². The molecule has 1 aromatic heterocycles. The minimum atomic E-state index is -0.117. The summed E-state index contributed by atoms with van der Waals surface area (Å²) in [6.07, 6.45) is 0.944. The van der Waals surface area contributed by atoms with Crippen LogP contribution in [0, 0.1) is 12.7 Å². The van der Waals surface area contributed by atoms with Crippen molar-refractivity contribution in [3.05, 3.63) is 57.5 Å². The number of hydrogen-bond acceptors (Lipinski definition) is 2. The van der Waals surface area contributed by atoms with Gasteiger partial charge in [0.2, 0.25) is 0 Å². The maximum Gasteiger partial charge on any atom is 0.191 e. The van der Waals surface area contributed by atoms with Crippen LogP contribution in [-0.2, 0) is 6.54 Å². The lowest BCUT2D eigenvalue weighted by Gasteiger charge is -2.11. The normalized spacial score (nSPS) is 19.9. The molecule has 0 bridgehead atoms. The van der Waals surface area contributed by atoms with Gasteiger partial charge in [-0.15, -0.1) is 35.3 Å². The molecule has 0 aliphatic heterocycles. The van der Waals surface area contributed by atoms with E-state index in [0.717, 1.165) is 24.5 Å². The summed E-state index contributed by atoms with van der Waals surface area (Å²) in [6, 6.07) is 11.5. The van der Waals surface area contributed by atoms with Gasteiger partial charge < -0.3 is 10.6 Å². The van der Waals surface area contributed by atoms with E-state index in [2.05, 4.69) is 34.7 Å². The average Bonchev–Trinajstić information content (AvgIpc) is 3.15. The number of aryl methyl sites for hydroxylation is 1. The van der Waals surface area contributed by atoms with Gasteiger partial charge in [0.25, 0.3) is 0 Å². The molecule has 0 radical (unpaired) electrons. The molecule has 6 heteroatoms. The van der Waals surface area contributed by atoms with Crippen molar-refractivity contribution in [2.24, 2.45) is 4.99 Å². The van der Waals surface area contributed by atoms with Crippen LogP contribution in [0.15, 0.2) is 41.4 Å². The number of halogens is 2. The van der Waals surface area contributed by atoms with Gasteiger partial charge in [0.05, 0.1) is 6.54 Å². The number of thiophene rings is 1. The van der Waals surface area contributed by atoms with Crippen LogP contribution < -0.4 is 10.6 Å². The van der Waals surface area contributed by atoms with Crippen LogP contribution in [-0.4, -0.2) is 19.0 Å². The van der Waals surface area contributed by atoms with Gasteiger partial charge in [-0.3, -0.25) is 4.99 Å². The Labute approximate surface area is 157 Å². The van der Waals surface area contributed by atoms with Gasteiger partial charge in [-0.25, -0.2) is 4.39 Å². The van der Waals surface area contributed by atoms with Crippen LogP contribution in [0.3, 0.4) is 0 Å². The molecule has 124 valence electrons. The number of guanidine groups is 1. The molecule has 1 aliphatic carbocycles. The fourth-order valence-electron chi connectivity index (χ4n) is 2.60. The van der Waals surface area contributed by atoms with Crippen LogP contribution in [0.5, 0.6) is 0 Å². The first-order valence-corrected chi connectivity index (χ1v) is 8.26. The zero-order chi connectivity index (χ0) is 15.5. The number of benzene rings is 1. The highest BCUT2D eigenvalue weighted by atomic mass is 127. The van der Waals surface area contributed by atoms with E-state index in [9.17, 15) is 4.39 Å². The summed E-state index contributed by atoms with van der Waals surface area (Å²) in [5.41, 5.74) is 0.796. The molecule has 1 aromatic carbocycles. The van der Waals surface area contributed by atoms with Crippen LogP contribution in [0.2, 0.25) is 0 Å². The van der Waals surface area contributed by atoms with Gasteiger partial charge in [-0.1, -0.05) is 18.2 Å². The standard InChI is InChI=1S/C17H20FN3S.HI/c1-11-7-8-12(22-11)10-20-17(19-2)21-16-9-14(16)13-5-3-4-6-15(13)18;/h3-8,14,16H,9-10H2,1-2H3,(H2,19,20,21);1H. The molecule has 2 N–H and O–H groups in total. The summed E-state index contributed by atoms with van der Waals surface area (Å²) in [6.45, 7) is 2.86. The number of nitrogens with one attached hydrogen (secondary N) is 2. The lowest BCUT2D eigenvalue weighted by atomic mass is 10.1. The fraction of sp³-hybridized carbons (Fsp3) is 0.353. The Morgan fingerprint density at radius 2 is 2.09 bits per heavy atom. The summed E-state index contributed by atoms with van der Waals surface area (Å²) in [5.74, 6) is 0.896. The Morgan fingerprint density at radius 3 is 2.74 bits per heavy atom. The fourth-order valence-corrected chi connectivity index (χ4v) is 3.43. The average molecular weight is 445 g/mol. The third-order valence-electron chi connectivity index (χ3n) is 3.87. The summed E-state index contributed by atoms with van der Waals surface area (Å²) in [5, 5.41) is 6.68. The molecule has 23 heavy (non-hydrogen) atoms. The summed E-state index contributed by atoms with van der Waals surface area (Å²) in [7, 11) is 1.76. The molecule has 3 rings (SSSR count). The van der Waals surface area contributed by atoms with Gasteiger partial charge in [-0.2, -0.15) is 0 Å². The van der Waals surface area contributed by atoms with Crippen molar-refractivity contribution in [3.8, 4) is 0 Å². The third kappa shape index (κ3) is 4.67. The molecule has 0 saturated heterocycles. The van der Waals surface area contributed by atoms with Crippen LogP contribution in [0.1, 0.15) is 27.7 Å². The molecule has 1 fully saturated rings. The minimum absolute atomic E-state index is 0. The van der Waals surface area contributed by atoms with E-state index < -0.39 is 0 Å². The van der Waals surface area contributed by atoms with Gasteiger partial charge >= 0.3 is 0 Å². The highest BCUT2D eigenvalue weighted by molar-refractivity contribution is 14.0. The van der Waals surface area contributed by atoms with Crippen LogP contribution in [0.4, 0.5) is 4.39 Å². The Balaban J connectivity index is 0.00000192. The predicted molar refractivity (Wildman–Crippen MR) is 105 cm³/mol. The van der Waals surface area contributed by atoms with Crippen molar-refractivity contribution in [1.82, 2.24) is 10.6 Å². The van der Waals surface area contributed by atoms with Crippen molar-refractivity contribution in [2.45, 2.75) is 31.8 Å². The third-order valence-corrected chi connectivity index (χ3v) is 4.87. The van der Waals surface area contributed by atoms with E-state index in [4.69, 9.17) is 0 Å². The Bertz CT molecular complexity index is 686. The number of hydrogen-bond donors (Lipinski definition) is 2. The van der Waals surface area contributed by atoms with Gasteiger partial charge in [0.1, 0.15) is 5.82 Å². The van der Waals surface area contributed by atoms with E-state index in [0.29, 0.717) is 0 Å². The maximum atomic E-state index is 13.8. The van der Waals surface area contributed by atoms with Crippen LogP contribution in [0.25, 0.3) is 0 Å². The van der Waals surface area contributed by atoms with Crippen LogP contribution >= 0.6 is 35.3 Å². The molecule has 1 aliphatic rings. The lowest BCUT2D eigenvalue weighted by molar-refractivity contribution is 0.607. The second-order valence-electron chi connectivity index (χ2n) is 5.55. The van der Waals surface area contributed by atoms with E-state index in [1.54, 1.807) is 24.5 Å². The highest BCUT2D eigenvalue weighted by Crippen LogP contribution is 2.41. The van der Waals surface area contributed by atoms with Crippen molar-refractivity contribution >= 4 is 41.3 Å². The summed E-state index contributed by atoms with van der Waals surface area (Å²) < 4.78 is 13.8. The number of rotatable bonds is 4. The second kappa shape index (κ2) is 8.10. The van der Waals surface area contributed by atoms with Crippen molar-refractivity contribution in [3.63, 3.8) is 0 Å². The first-order chi connectivity index (χ1) is 10.7. The van der Waals surface area contributed by atoms with E-state index in [1.807, 2.05) is 12.1 Å². The first-order valence-electron chi connectivity index (χ1n) is 7.44. The van der Waals surface area contributed by atoms with E-state index >= 15 is 0 Å². The Hall–Kier alpha value is -1.15. The number of nitrogens with zero attached hydrogens (tertiary/aromatic N) is 1. The summed E-state index contributed by atoms with van der Waals surface area (Å²) in [4.78, 5) is 6.83. The lowest BCUT2D eigenvalue weighted by Crippen LogP contribution is -2.38. The molecule has 0 spiro atoms. The van der Waals surface area contributed by atoms with E-state index in [1.165, 1.54) is 15.8 Å². The maximum absolute atomic E-state index is 13.8. The topological polar surface area (TPSA) is 36.4 Å². The smallest absolute Gasteiger partial charge is 0.191 e. The zero-order valence-electron chi connectivity index (χ0n) is 13.2. The second-order valence-corrected chi connectivity index (χ2v) is 6.93. The van der Waals surface area contributed by atoms with Gasteiger partial charge in [0.15, 0.2) is 5.96 Å². The SMILES string of the molecule is CN=C(NCc1ccc(C)s1)NC1CC1c1ccccc1F.I. The molecular weight excluding hydrogens is 424 g/mol. The zero-order valence-corrected chi connectivity index (χ0v) is 16.3. The molecule has 0 amide bonds. The minimum Gasteiger partial charge on any atom is -0.353 e. The Kier molecular flexibility index (Phi) is 6.41. The van der Waals surface area contributed by atoms with Crippen molar-refractivity contribution in [1.29, 1.82) is 0 Å². The molecule has 2 unspecified atom stereocenters. The number of aliphatic imine (C=N–C) groups is 1. The molecule has 1 saturated carbocycles. The summed E-state index contributed by atoms with van der Waals surface area (Å²) >= 11 is 1.78. The monoisotopic (exact) mass is 445 g/mol. The molecule has 1 heterocycles. The highest BCUT2D eigenvalue weighted by Gasteiger charge is 2.40. The predicted octanol–water partition coefficient (Wildman–Crippen LogP) is 4.03. The Morgan fingerprint density at radius 1 is 1.30 bits per heavy atom. The van der Waals surface area contributed by atoms with E-state index in [-0.39, 0.29) is 41.8 Å². The van der Waals surface area contributed by atoms with Crippen molar-refractivity contribution < 1.29 is 4.39 Å². The molecule has 2 atom stereocenters. The van der Waals surface area contributed by atoms with Gasteiger partial charge in [-0.05, 0) is 37.1 Å². The largest absolute Gasteiger partial charge is 0.353 e. The van der Waals surface area contributed by atoms with Crippen molar-refractivity contribution in [2.75, 3.05) is 7.05 Å². The molecule has 3 nitrogen and oxygen atoms in total. The quantitative estimate of drug-likeness (QED) is 0.424. The molecule has 2 aromatic rings. The first kappa shape index (κ1) is 18.2. The molecular formula is C17H21FIN3S.